The number of hydrogen-bond donors (Lipinski definition) is 3. The van der Waals surface area contributed by atoms with Gasteiger partial charge in [0, 0.05) is 0 Å². The molecule has 0 amide bonds. The van der Waals surface area contributed by atoms with Gasteiger partial charge in [0.25, 0.3) is 0 Å². The number of hydrogen-bond acceptors (Lipinski definition) is 3. The molecule has 0 heterocycles. The number of aliphatic hydroxyl groups excluding tert-OH is 2. The van der Waals surface area contributed by atoms with Gasteiger partial charge in [-0.15, -0.1) is 0 Å². The summed E-state index contributed by atoms with van der Waals surface area (Å²) in [6, 6.07) is 0. The third-order valence-electron chi connectivity index (χ3n) is 8.66. The van der Waals surface area contributed by atoms with Crippen LogP contribution in [0.3, 0.4) is 0 Å². The molecular weight excluding hydrogens is 288 g/mol. The maximum atomic E-state index is 10.9. The second-order valence-electron chi connectivity index (χ2n) is 9.54. The first-order valence-corrected chi connectivity index (χ1v) is 9.50. The average Bonchev–Trinajstić information content (AvgIpc) is 2.72. The monoisotopic (exact) mass is 320 g/mol. The van der Waals surface area contributed by atoms with Crippen molar-refractivity contribution in [1.82, 2.24) is 0 Å². The lowest BCUT2D eigenvalue weighted by atomic mass is 9.46. The van der Waals surface area contributed by atoms with Gasteiger partial charge < -0.3 is 15.3 Å². The molecule has 4 rings (SSSR count). The third kappa shape index (κ3) is 1.99. The molecule has 0 aromatic rings. The summed E-state index contributed by atoms with van der Waals surface area (Å²) in [5.41, 5.74) is 0.579. The highest BCUT2D eigenvalue weighted by molar-refractivity contribution is 5.29. The summed E-state index contributed by atoms with van der Waals surface area (Å²) in [7, 11) is 0. The summed E-state index contributed by atoms with van der Waals surface area (Å²) in [4.78, 5) is 0. The largest absolute Gasteiger partial charge is 0.390 e. The summed E-state index contributed by atoms with van der Waals surface area (Å²) in [5, 5.41) is 31.8. The second kappa shape index (κ2) is 4.83. The van der Waals surface area contributed by atoms with E-state index in [1.807, 2.05) is 13.0 Å². The lowest BCUT2D eigenvalue weighted by Crippen LogP contribution is -2.56. The molecule has 0 radical (unpaired) electrons. The van der Waals surface area contributed by atoms with Crippen molar-refractivity contribution >= 4 is 0 Å². The lowest BCUT2D eigenvalue weighted by molar-refractivity contribution is -0.130. The van der Waals surface area contributed by atoms with E-state index in [4.69, 9.17) is 0 Å². The fourth-order valence-corrected chi connectivity index (χ4v) is 7.00. The minimum atomic E-state index is -0.562. The van der Waals surface area contributed by atoms with E-state index in [-0.39, 0.29) is 16.9 Å². The van der Waals surface area contributed by atoms with Gasteiger partial charge in [-0.05, 0) is 86.0 Å². The highest BCUT2D eigenvalue weighted by atomic mass is 16.3. The second-order valence-corrected chi connectivity index (χ2v) is 9.54. The molecule has 0 aliphatic heterocycles. The smallest absolute Gasteiger partial charge is 0.0759 e. The Morgan fingerprint density at radius 2 is 1.65 bits per heavy atom. The Kier molecular flexibility index (Phi) is 3.38. The zero-order valence-corrected chi connectivity index (χ0v) is 14.8. The lowest BCUT2D eigenvalue weighted by Gasteiger charge is -2.60. The van der Waals surface area contributed by atoms with Crippen LogP contribution in [0.25, 0.3) is 0 Å². The van der Waals surface area contributed by atoms with Gasteiger partial charge in [0.2, 0.25) is 0 Å². The van der Waals surface area contributed by atoms with Gasteiger partial charge in [-0.2, -0.15) is 0 Å². The van der Waals surface area contributed by atoms with Gasteiger partial charge in [0.15, 0.2) is 0 Å². The van der Waals surface area contributed by atoms with Crippen molar-refractivity contribution in [1.29, 1.82) is 0 Å². The van der Waals surface area contributed by atoms with Crippen molar-refractivity contribution in [3.8, 4) is 0 Å². The first-order valence-electron chi connectivity index (χ1n) is 9.50. The molecule has 130 valence electrons. The van der Waals surface area contributed by atoms with E-state index in [0.717, 1.165) is 50.5 Å². The van der Waals surface area contributed by atoms with Gasteiger partial charge in [0.05, 0.1) is 17.8 Å². The third-order valence-corrected chi connectivity index (χ3v) is 8.66. The minimum Gasteiger partial charge on any atom is -0.390 e. The molecule has 8 atom stereocenters. The molecule has 3 heteroatoms. The Morgan fingerprint density at radius 1 is 0.957 bits per heavy atom. The topological polar surface area (TPSA) is 60.7 Å². The van der Waals surface area contributed by atoms with Gasteiger partial charge in [-0.1, -0.05) is 19.9 Å². The Balaban J connectivity index is 1.72. The Morgan fingerprint density at radius 3 is 2.39 bits per heavy atom. The quantitative estimate of drug-likeness (QED) is 0.601. The molecule has 3 fully saturated rings. The van der Waals surface area contributed by atoms with Crippen LogP contribution in [0.1, 0.15) is 65.7 Å². The van der Waals surface area contributed by atoms with E-state index >= 15 is 0 Å². The zero-order valence-electron chi connectivity index (χ0n) is 14.8. The standard InChI is InChI=1S/C20H32O3/c1-18-7-4-12(21)10-16(18)17(22)11-13-14(18)5-8-19(2)15(13)6-9-20(19,3)23/h10,12-15,17,21-23H,4-9,11H2,1-3H3/t12-,13+,14-,15+,17+,18+,19-,20-/m0/s1. The number of fused-ring (bicyclic) bond motifs is 5. The van der Waals surface area contributed by atoms with Gasteiger partial charge >= 0.3 is 0 Å². The Bertz CT molecular complexity index is 539. The highest BCUT2D eigenvalue weighted by Crippen LogP contribution is 2.67. The van der Waals surface area contributed by atoms with Crippen molar-refractivity contribution in [2.45, 2.75) is 83.5 Å². The SMILES string of the molecule is C[C@]12CC[C@H](O)C=C1[C@H](O)C[C@H]1[C@H]3CC[C@](C)(O)[C@@]3(C)CC[C@@H]12. The summed E-state index contributed by atoms with van der Waals surface area (Å²) < 4.78 is 0. The van der Waals surface area contributed by atoms with Crippen molar-refractivity contribution in [3.63, 3.8) is 0 Å². The van der Waals surface area contributed by atoms with Gasteiger partial charge in [-0.25, -0.2) is 0 Å². The summed E-state index contributed by atoms with van der Waals surface area (Å²) >= 11 is 0. The van der Waals surface area contributed by atoms with Crippen LogP contribution in [-0.2, 0) is 0 Å². The molecule has 0 saturated heterocycles. The predicted molar refractivity (Wildman–Crippen MR) is 89.7 cm³/mol. The molecule has 4 aliphatic rings. The van der Waals surface area contributed by atoms with Crippen LogP contribution in [0.4, 0.5) is 0 Å². The van der Waals surface area contributed by atoms with E-state index in [0.29, 0.717) is 17.8 Å². The van der Waals surface area contributed by atoms with Crippen molar-refractivity contribution in [3.05, 3.63) is 11.6 Å². The van der Waals surface area contributed by atoms with Crippen LogP contribution in [0.2, 0.25) is 0 Å². The van der Waals surface area contributed by atoms with E-state index in [2.05, 4.69) is 13.8 Å². The maximum absolute atomic E-state index is 10.9. The number of rotatable bonds is 0. The fraction of sp³-hybridized carbons (Fsp3) is 0.900. The summed E-state index contributed by atoms with van der Waals surface area (Å²) in [5.74, 6) is 1.63. The fourth-order valence-electron chi connectivity index (χ4n) is 7.00. The molecule has 3 nitrogen and oxygen atoms in total. The summed E-state index contributed by atoms with van der Waals surface area (Å²) in [6.07, 6.45) is 7.99. The molecule has 3 saturated carbocycles. The van der Waals surface area contributed by atoms with Crippen LogP contribution < -0.4 is 0 Å². The molecule has 4 aliphatic carbocycles. The highest BCUT2D eigenvalue weighted by Gasteiger charge is 2.63. The number of aliphatic hydroxyl groups is 3. The molecule has 0 aromatic heterocycles. The average molecular weight is 320 g/mol. The van der Waals surface area contributed by atoms with Crippen LogP contribution in [0, 0.1) is 28.6 Å². The van der Waals surface area contributed by atoms with Gasteiger partial charge in [-0.3, -0.25) is 0 Å². The normalized spacial score (nSPS) is 58.9. The van der Waals surface area contributed by atoms with E-state index in [1.54, 1.807) is 0 Å². The van der Waals surface area contributed by atoms with Crippen molar-refractivity contribution in [2.75, 3.05) is 0 Å². The Hall–Kier alpha value is -0.380. The summed E-state index contributed by atoms with van der Waals surface area (Å²) in [6.45, 7) is 6.63. The Labute approximate surface area is 139 Å². The molecule has 0 aromatic carbocycles. The molecule has 23 heavy (non-hydrogen) atoms. The maximum Gasteiger partial charge on any atom is 0.0759 e. The molecule has 0 unspecified atom stereocenters. The van der Waals surface area contributed by atoms with Crippen LogP contribution >= 0.6 is 0 Å². The minimum absolute atomic E-state index is 0.000352. The first-order chi connectivity index (χ1) is 10.7. The van der Waals surface area contributed by atoms with Crippen molar-refractivity contribution in [2.24, 2.45) is 28.6 Å². The van der Waals surface area contributed by atoms with E-state index in [1.165, 1.54) is 0 Å². The van der Waals surface area contributed by atoms with E-state index < -0.39 is 11.7 Å². The van der Waals surface area contributed by atoms with Crippen LogP contribution in [0.15, 0.2) is 11.6 Å². The first kappa shape index (κ1) is 16.1. The zero-order chi connectivity index (χ0) is 16.6. The van der Waals surface area contributed by atoms with E-state index in [9.17, 15) is 15.3 Å². The molecule has 3 N–H and O–H groups in total. The van der Waals surface area contributed by atoms with Crippen LogP contribution in [-0.4, -0.2) is 33.1 Å². The van der Waals surface area contributed by atoms with Crippen molar-refractivity contribution < 1.29 is 15.3 Å². The van der Waals surface area contributed by atoms with Gasteiger partial charge in [0.1, 0.15) is 0 Å². The predicted octanol–water partition coefficient (Wildman–Crippen LogP) is 3.03. The molecule has 0 spiro atoms. The molecule has 0 bridgehead atoms. The van der Waals surface area contributed by atoms with Crippen LogP contribution in [0.5, 0.6) is 0 Å². The molecular formula is C20H32O3.